The highest BCUT2D eigenvalue weighted by Gasteiger charge is 2.31. The number of allylic oxidation sites excluding steroid dienone is 1. The lowest BCUT2D eigenvalue weighted by molar-refractivity contribution is 0.149. The van der Waals surface area contributed by atoms with Gasteiger partial charge in [-0.3, -0.25) is 14.5 Å². The van der Waals surface area contributed by atoms with Crippen molar-refractivity contribution in [3.05, 3.63) is 96.5 Å². The van der Waals surface area contributed by atoms with Gasteiger partial charge < -0.3 is 26.0 Å². The van der Waals surface area contributed by atoms with E-state index in [4.69, 9.17) is 16.2 Å². The second-order valence-electron chi connectivity index (χ2n) is 10.2. The van der Waals surface area contributed by atoms with Crippen LogP contribution < -0.4 is 26.0 Å². The number of nitrogens with zero attached hydrogens (tertiary/aromatic N) is 7. The van der Waals surface area contributed by atoms with Gasteiger partial charge in [-0.05, 0) is 43.0 Å². The first-order valence-corrected chi connectivity index (χ1v) is 13.5. The molecule has 0 amide bonds. The molecule has 3 aliphatic heterocycles. The van der Waals surface area contributed by atoms with Crippen LogP contribution in [-0.2, 0) is 6.54 Å². The van der Waals surface area contributed by atoms with Crippen molar-refractivity contribution in [1.82, 2.24) is 19.6 Å². The summed E-state index contributed by atoms with van der Waals surface area (Å²) in [5, 5.41) is 4.62. The minimum absolute atomic E-state index is 0.313. The SMILES string of the molecule is COc1cc(-c2cnn(CCN3CCN(C)CC3)c2)ccc1N1C(N)=NC=C2C=CN(c3ccccc3)C(N)=C21. The summed E-state index contributed by atoms with van der Waals surface area (Å²) in [5.74, 6) is 1.52. The number of hydrogen-bond acceptors (Lipinski definition) is 9. The molecule has 1 saturated heterocycles. The normalized spacial score (nSPS) is 18.1. The van der Waals surface area contributed by atoms with Crippen LogP contribution >= 0.6 is 0 Å². The quantitative estimate of drug-likeness (QED) is 0.474. The van der Waals surface area contributed by atoms with Crippen molar-refractivity contribution in [2.24, 2.45) is 16.5 Å². The number of fused-ring (bicyclic) bond motifs is 1. The van der Waals surface area contributed by atoms with E-state index in [1.54, 1.807) is 13.3 Å². The van der Waals surface area contributed by atoms with Crippen LogP contribution in [0.15, 0.2) is 101 Å². The van der Waals surface area contributed by atoms with Gasteiger partial charge in [0.2, 0.25) is 5.96 Å². The molecule has 0 saturated carbocycles. The lowest BCUT2D eigenvalue weighted by atomic mass is 10.0. The molecular formula is C30H35N9O. The fourth-order valence-electron chi connectivity index (χ4n) is 5.28. The van der Waals surface area contributed by atoms with Crippen LogP contribution in [0.25, 0.3) is 11.1 Å². The first-order valence-electron chi connectivity index (χ1n) is 13.5. The maximum Gasteiger partial charge on any atom is 0.205 e. The smallest absolute Gasteiger partial charge is 0.205 e. The van der Waals surface area contributed by atoms with Gasteiger partial charge >= 0.3 is 0 Å². The number of methoxy groups -OCH3 is 1. The Labute approximate surface area is 234 Å². The molecule has 0 unspecified atom stereocenters. The number of piperazine rings is 1. The number of aliphatic imine (C=N–C) groups is 1. The molecule has 3 aromatic rings. The zero-order valence-electron chi connectivity index (χ0n) is 22.9. The van der Waals surface area contributed by atoms with E-state index in [1.165, 1.54) is 0 Å². The largest absolute Gasteiger partial charge is 0.495 e. The van der Waals surface area contributed by atoms with Gasteiger partial charge in [0.15, 0.2) is 0 Å². The van der Waals surface area contributed by atoms with Crippen LogP contribution in [-0.4, -0.2) is 72.4 Å². The molecule has 10 nitrogen and oxygen atoms in total. The summed E-state index contributed by atoms with van der Waals surface area (Å²) >= 11 is 0. The highest BCUT2D eigenvalue weighted by atomic mass is 16.5. The second-order valence-corrected chi connectivity index (χ2v) is 10.2. The second kappa shape index (κ2) is 10.9. The Morgan fingerprint density at radius 1 is 0.950 bits per heavy atom. The van der Waals surface area contributed by atoms with E-state index < -0.39 is 0 Å². The van der Waals surface area contributed by atoms with Gasteiger partial charge in [-0.25, -0.2) is 4.99 Å². The number of anilines is 2. The Hall–Kier alpha value is -4.54. The number of benzene rings is 2. The molecule has 1 fully saturated rings. The van der Waals surface area contributed by atoms with Crippen molar-refractivity contribution in [1.29, 1.82) is 0 Å². The number of rotatable bonds is 7. The van der Waals surface area contributed by atoms with Crippen LogP contribution in [0.2, 0.25) is 0 Å². The van der Waals surface area contributed by atoms with Crippen LogP contribution in [0, 0.1) is 0 Å². The maximum atomic E-state index is 6.76. The molecule has 10 heteroatoms. The third-order valence-electron chi connectivity index (χ3n) is 7.63. The number of guanidine groups is 1. The number of hydrogen-bond donors (Lipinski definition) is 2. The average Bonchev–Trinajstić information content (AvgIpc) is 3.47. The molecule has 206 valence electrons. The summed E-state index contributed by atoms with van der Waals surface area (Å²) in [4.78, 5) is 13.1. The van der Waals surface area contributed by atoms with Crippen LogP contribution in [0.3, 0.4) is 0 Å². The first-order chi connectivity index (χ1) is 19.5. The van der Waals surface area contributed by atoms with Crippen molar-refractivity contribution in [2.75, 3.05) is 56.7 Å². The molecule has 4 heterocycles. The Morgan fingerprint density at radius 3 is 2.52 bits per heavy atom. The van der Waals surface area contributed by atoms with E-state index in [-0.39, 0.29) is 0 Å². The third kappa shape index (κ3) is 4.94. The lowest BCUT2D eigenvalue weighted by Crippen LogP contribution is -2.45. The van der Waals surface area contributed by atoms with E-state index in [0.29, 0.717) is 17.5 Å². The number of aromatic nitrogens is 2. The molecule has 0 atom stereocenters. The van der Waals surface area contributed by atoms with E-state index >= 15 is 0 Å². The average molecular weight is 538 g/mol. The number of para-hydroxylation sites is 1. The van der Waals surface area contributed by atoms with E-state index in [2.05, 4.69) is 39.2 Å². The molecule has 0 spiro atoms. The maximum absolute atomic E-state index is 6.76. The predicted molar refractivity (Wildman–Crippen MR) is 160 cm³/mol. The minimum Gasteiger partial charge on any atom is -0.495 e. The van der Waals surface area contributed by atoms with Gasteiger partial charge in [0.05, 0.1) is 31.2 Å². The molecule has 0 bridgehead atoms. The summed E-state index contributed by atoms with van der Waals surface area (Å²) in [6.07, 6.45) is 9.66. The van der Waals surface area contributed by atoms with Crippen LogP contribution in [0.1, 0.15) is 0 Å². The van der Waals surface area contributed by atoms with E-state index in [0.717, 1.165) is 73.0 Å². The Kier molecular flexibility index (Phi) is 7.02. The zero-order valence-corrected chi connectivity index (χ0v) is 22.9. The predicted octanol–water partition coefficient (Wildman–Crippen LogP) is 2.99. The molecule has 3 aliphatic rings. The van der Waals surface area contributed by atoms with Crippen LogP contribution in [0.4, 0.5) is 11.4 Å². The molecule has 4 N–H and O–H groups in total. The number of likely N-dealkylation sites (N-methyl/N-ethyl adjacent to an activating group) is 1. The standard InChI is InChI=1S/C30H35N9O/c1-35-12-14-36(15-13-35)16-17-37-21-24(20-34-37)22-8-9-26(27(18-22)40-2)39-28-23(19-33-30(39)32)10-11-38(29(28)31)25-6-4-3-5-7-25/h3-11,18-21H,12-17,31H2,1-2H3,(H2,32,33). The highest BCUT2D eigenvalue weighted by Crippen LogP contribution is 2.40. The van der Waals surface area contributed by atoms with Gasteiger partial charge in [-0.2, -0.15) is 5.10 Å². The van der Waals surface area contributed by atoms with Crippen molar-refractivity contribution >= 4 is 17.3 Å². The van der Waals surface area contributed by atoms with Gasteiger partial charge in [-0.15, -0.1) is 0 Å². The zero-order chi connectivity index (χ0) is 27.6. The number of nitrogens with two attached hydrogens (primary N) is 2. The lowest BCUT2D eigenvalue weighted by Gasteiger charge is -2.36. The van der Waals surface area contributed by atoms with E-state index in [1.807, 2.05) is 75.4 Å². The summed E-state index contributed by atoms with van der Waals surface area (Å²) in [7, 11) is 3.83. The minimum atomic E-state index is 0.313. The fourth-order valence-corrected chi connectivity index (χ4v) is 5.28. The van der Waals surface area contributed by atoms with Gasteiger partial charge in [-0.1, -0.05) is 24.3 Å². The van der Waals surface area contributed by atoms with Gasteiger partial charge in [0.25, 0.3) is 0 Å². The number of ether oxygens (including phenoxy) is 1. The summed E-state index contributed by atoms with van der Waals surface area (Å²) in [6.45, 7) is 6.28. The summed E-state index contributed by atoms with van der Waals surface area (Å²) < 4.78 is 7.89. The summed E-state index contributed by atoms with van der Waals surface area (Å²) in [5.41, 5.74) is 18.6. The summed E-state index contributed by atoms with van der Waals surface area (Å²) in [6, 6.07) is 16.0. The molecular weight excluding hydrogens is 502 g/mol. The topological polar surface area (TPSA) is 104 Å². The Balaban J connectivity index is 1.27. The molecule has 0 aliphatic carbocycles. The molecule has 40 heavy (non-hydrogen) atoms. The highest BCUT2D eigenvalue weighted by molar-refractivity contribution is 6.03. The molecule has 1 aromatic heterocycles. The molecule has 6 rings (SSSR count). The van der Waals surface area contributed by atoms with E-state index in [9.17, 15) is 0 Å². The van der Waals surface area contributed by atoms with Crippen LogP contribution in [0.5, 0.6) is 5.75 Å². The molecule has 0 radical (unpaired) electrons. The van der Waals surface area contributed by atoms with Crippen molar-refractivity contribution in [2.45, 2.75) is 6.54 Å². The van der Waals surface area contributed by atoms with Crippen molar-refractivity contribution in [3.63, 3.8) is 0 Å². The monoisotopic (exact) mass is 537 g/mol. The fraction of sp³-hybridized carbons (Fsp3) is 0.267. The first kappa shape index (κ1) is 25.7. The van der Waals surface area contributed by atoms with Gasteiger partial charge in [0.1, 0.15) is 11.6 Å². The molecule has 2 aromatic carbocycles. The Bertz CT molecular complexity index is 1500. The van der Waals surface area contributed by atoms with Crippen molar-refractivity contribution < 1.29 is 4.74 Å². The van der Waals surface area contributed by atoms with Gasteiger partial charge in [0, 0.05) is 68.1 Å². The Morgan fingerprint density at radius 2 is 1.75 bits per heavy atom. The third-order valence-corrected chi connectivity index (χ3v) is 7.63. The van der Waals surface area contributed by atoms with Crippen molar-refractivity contribution in [3.8, 4) is 16.9 Å².